The molecule has 0 spiro atoms. The van der Waals surface area contributed by atoms with E-state index in [-0.39, 0.29) is 29.6 Å². The van der Waals surface area contributed by atoms with Gasteiger partial charge in [0.1, 0.15) is 18.2 Å². The summed E-state index contributed by atoms with van der Waals surface area (Å²) in [6.45, 7) is 1.90. The van der Waals surface area contributed by atoms with Gasteiger partial charge in [0.15, 0.2) is 11.5 Å². The summed E-state index contributed by atoms with van der Waals surface area (Å²) in [4.78, 5) is 29.4. The topological polar surface area (TPSA) is 100 Å². The van der Waals surface area contributed by atoms with Gasteiger partial charge in [-0.2, -0.15) is 5.10 Å². The lowest BCUT2D eigenvalue weighted by atomic mass is 9.99. The fourth-order valence-electron chi connectivity index (χ4n) is 2.79. The molecule has 2 aromatic heterocycles. The summed E-state index contributed by atoms with van der Waals surface area (Å²) in [5.74, 6) is -0.340. The van der Waals surface area contributed by atoms with Crippen LogP contribution in [0.2, 0.25) is 0 Å². The highest BCUT2D eigenvalue weighted by molar-refractivity contribution is 14.1. The lowest BCUT2D eigenvalue weighted by molar-refractivity contribution is 0.0512. The number of hydrogen-bond donors (Lipinski definition) is 0. The zero-order valence-corrected chi connectivity index (χ0v) is 16.5. The Balaban J connectivity index is 1.74. The van der Waals surface area contributed by atoms with E-state index in [1.807, 2.05) is 6.07 Å². The molecule has 27 heavy (non-hydrogen) atoms. The van der Waals surface area contributed by atoms with Gasteiger partial charge in [0, 0.05) is 15.1 Å². The second kappa shape index (κ2) is 7.22. The molecule has 1 aliphatic carbocycles. The number of benzene rings is 1. The maximum Gasteiger partial charge on any atom is 0.361 e. The van der Waals surface area contributed by atoms with Crippen molar-refractivity contribution in [2.45, 2.75) is 25.7 Å². The lowest BCUT2D eigenvalue weighted by Gasteiger charge is -2.08. The van der Waals surface area contributed by atoms with Gasteiger partial charge in [0.05, 0.1) is 12.3 Å². The number of hydrogen-bond acceptors (Lipinski definition) is 7. The molecule has 138 valence electrons. The second-order valence-corrected chi connectivity index (χ2v) is 7.26. The fraction of sp³-hybridized carbons (Fsp3) is 0.278. The summed E-state index contributed by atoms with van der Waals surface area (Å²) >= 11 is 2.09. The first-order valence-corrected chi connectivity index (χ1v) is 9.54. The molecule has 0 amide bonds. The number of carbonyl (C=O) groups is 2. The highest BCUT2D eigenvalue weighted by Gasteiger charge is 2.37. The van der Waals surface area contributed by atoms with Gasteiger partial charge in [-0.25, -0.2) is 14.5 Å². The fourth-order valence-corrected chi connectivity index (χ4v) is 3.54. The Morgan fingerprint density at radius 2 is 2.19 bits per heavy atom. The Morgan fingerprint density at radius 1 is 1.37 bits per heavy atom. The van der Waals surface area contributed by atoms with Crippen molar-refractivity contribution in [1.82, 2.24) is 19.9 Å². The maximum absolute atomic E-state index is 13.3. The van der Waals surface area contributed by atoms with E-state index in [9.17, 15) is 9.59 Å². The van der Waals surface area contributed by atoms with Crippen molar-refractivity contribution >= 4 is 34.3 Å². The van der Waals surface area contributed by atoms with Crippen LogP contribution in [-0.4, -0.2) is 38.3 Å². The van der Waals surface area contributed by atoms with Gasteiger partial charge in [-0.1, -0.05) is 5.16 Å². The minimum atomic E-state index is -0.647. The van der Waals surface area contributed by atoms with Gasteiger partial charge >= 0.3 is 5.97 Å². The van der Waals surface area contributed by atoms with Crippen LogP contribution in [0, 0.1) is 3.57 Å². The standard InChI is InChI=1S/C18H15IN4O4/c1-2-26-18(25)15-14(17(27-22-15)10-3-4-10)16(24)12-6-5-11(7-13(12)19)23-9-20-8-21-23/h5-10H,2-4H2,1H3. The van der Waals surface area contributed by atoms with Gasteiger partial charge in [-0.15, -0.1) is 0 Å². The summed E-state index contributed by atoms with van der Waals surface area (Å²) in [6.07, 6.45) is 4.85. The van der Waals surface area contributed by atoms with Crippen LogP contribution in [0.3, 0.4) is 0 Å². The highest BCUT2D eigenvalue weighted by Crippen LogP contribution is 2.43. The summed E-state index contributed by atoms with van der Waals surface area (Å²) in [5.41, 5.74) is 1.41. The summed E-state index contributed by atoms with van der Waals surface area (Å²) in [6, 6.07) is 5.31. The predicted molar refractivity (Wildman–Crippen MR) is 102 cm³/mol. The Kier molecular flexibility index (Phi) is 4.77. The molecule has 8 nitrogen and oxygen atoms in total. The third-order valence-corrected chi connectivity index (χ3v) is 5.14. The van der Waals surface area contributed by atoms with E-state index >= 15 is 0 Å². The van der Waals surface area contributed by atoms with Crippen LogP contribution in [0.4, 0.5) is 0 Å². The normalized spacial score (nSPS) is 13.6. The molecule has 3 aromatic rings. The van der Waals surface area contributed by atoms with Crippen LogP contribution in [-0.2, 0) is 4.74 Å². The van der Waals surface area contributed by atoms with E-state index < -0.39 is 5.97 Å². The molecule has 1 aliphatic rings. The largest absolute Gasteiger partial charge is 0.461 e. The minimum absolute atomic E-state index is 0.0556. The quantitative estimate of drug-likeness (QED) is 0.305. The first-order valence-electron chi connectivity index (χ1n) is 8.46. The molecule has 1 fully saturated rings. The highest BCUT2D eigenvalue weighted by atomic mass is 127. The molecule has 9 heteroatoms. The average Bonchev–Trinajstić information content (AvgIpc) is 3.19. The van der Waals surface area contributed by atoms with Crippen LogP contribution < -0.4 is 0 Å². The minimum Gasteiger partial charge on any atom is -0.461 e. The van der Waals surface area contributed by atoms with Gasteiger partial charge in [0.2, 0.25) is 5.69 Å². The average molecular weight is 478 g/mol. The van der Waals surface area contributed by atoms with Crippen molar-refractivity contribution in [3.63, 3.8) is 0 Å². The van der Waals surface area contributed by atoms with Gasteiger partial charge < -0.3 is 9.26 Å². The van der Waals surface area contributed by atoms with Crippen LogP contribution >= 0.6 is 22.6 Å². The number of ketones is 1. The van der Waals surface area contributed by atoms with Crippen LogP contribution in [0.5, 0.6) is 0 Å². The molecule has 0 radical (unpaired) electrons. The lowest BCUT2D eigenvalue weighted by Crippen LogP contribution is -2.14. The zero-order valence-electron chi connectivity index (χ0n) is 14.4. The smallest absolute Gasteiger partial charge is 0.361 e. The van der Waals surface area contributed by atoms with Crippen molar-refractivity contribution in [2.75, 3.05) is 6.61 Å². The van der Waals surface area contributed by atoms with Crippen LogP contribution in [0.15, 0.2) is 35.4 Å². The first kappa shape index (κ1) is 17.8. The van der Waals surface area contributed by atoms with Crippen molar-refractivity contribution < 1.29 is 18.8 Å². The molecule has 0 atom stereocenters. The molecule has 0 aliphatic heterocycles. The van der Waals surface area contributed by atoms with E-state index in [2.05, 4.69) is 37.8 Å². The number of aromatic nitrogens is 4. The van der Waals surface area contributed by atoms with E-state index in [0.717, 1.165) is 22.1 Å². The molecule has 2 heterocycles. The Hall–Kier alpha value is -2.56. The van der Waals surface area contributed by atoms with Crippen molar-refractivity contribution in [2.24, 2.45) is 0 Å². The third kappa shape index (κ3) is 3.38. The van der Waals surface area contributed by atoms with Crippen molar-refractivity contribution in [3.05, 3.63) is 57.0 Å². The van der Waals surface area contributed by atoms with E-state index in [1.165, 1.54) is 6.33 Å². The molecule has 1 aromatic carbocycles. The van der Waals surface area contributed by atoms with Crippen molar-refractivity contribution in [3.8, 4) is 5.69 Å². The second-order valence-electron chi connectivity index (χ2n) is 6.10. The third-order valence-electron chi connectivity index (χ3n) is 4.24. The van der Waals surface area contributed by atoms with Gasteiger partial charge in [0.25, 0.3) is 0 Å². The summed E-state index contributed by atoms with van der Waals surface area (Å²) in [7, 11) is 0. The Bertz CT molecular complexity index is 1010. The predicted octanol–water partition coefficient (Wildman–Crippen LogP) is 3.15. The van der Waals surface area contributed by atoms with E-state index in [1.54, 1.807) is 30.1 Å². The van der Waals surface area contributed by atoms with Gasteiger partial charge in [-0.05, 0) is 60.6 Å². The molecular formula is C18H15IN4O4. The number of halogens is 1. The number of nitrogens with zero attached hydrogens (tertiary/aromatic N) is 4. The molecule has 0 unspecified atom stereocenters. The van der Waals surface area contributed by atoms with E-state index in [4.69, 9.17) is 9.26 Å². The molecule has 4 rings (SSSR count). The number of carbonyl (C=O) groups excluding carboxylic acids is 2. The number of esters is 1. The number of ether oxygens (including phenoxy) is 1. The summed E-state index contributed by atoms with van der Waals surface area (Å²) in [5, 5.41) is 7.92. The SMILES string of the molecule is CCOC(=O)c1noc(C2CC2)c1C(=O)c1ccc(-n2cncn2)cc1I. The molecule has 1 saturated carbocycles. The van der Waals surface area contributed by atoms with Crippen molar-refractivity contribution in [1.29, 1.82) is 0 Å². The van der Waals surface area contributed by atoms with Crippen LogP contribution in [0.25, 0.3) is 5.69 Å². The number of rotatable bonds is 6. The Morgan fingerprint density at radius 3 is 2.81 bits per heavy atom. The van der Waals surface area contributed by atoms with E-state index in [0.29, 0.717) is 11.3 Å². The summed E-state index contributed by atoms with van der Waals surface area (Å²) < 4.78 is 12.7. The van der Waals surface area contributed by atoms with Gasteiger partial charge in [-0.3, -0.25) is 4.79 Å². The monoisotopic (exact) mass is 478 g/mol. The molecular weight excluding hydrogens is 463 g/mol. The molecule has 0 saturated heterocycles. The first-order chi connectivity index (χ1) is 13.1. The Labute approximate surface area is 168 Å². The molecule has 0 N–H and O–H groups in total. The zero-order chi connectivity index (χ0) is 19.0. The maximum atomic E-state index is 13.3. The molecule has 0 bridgehead atoms. The van der Waals surface area contributed by atoms with Crippen LogP contribution in [0.1, 0.15) is 57.9 Å².